The number of aromatic carboxylic acids is 1. The zero-order chi connectivity index (χ0) is 23.7. The Morgan fingerprint density at radius 2 is 1.88 bits per heavy atom. The van der Waals surface area contributed by atoms with E-state index in [-0.39, 0.29) is 17.0 Å². The molecule has 0 amide bonds. The van der Waals surface area contributed by atoms with Gasteiger partial charge in [0.1, 0.15) is 5.56 Å². The Morgan fingerprint density at radius 1 is 1.12 bits per heavy atom. The fourth-order valence-corrected chi connectivity index (χ4v) is 3.85. The van der Waals surface area contributed by atoms with Crippen molar-refractivity contribution in [3.8, 4) is 28.3 Å². The van der Waals surface area contributed by atoms with Gasteiger partial charge in [-0.2, -0.15) is 14.8 Å². The highest BCUT2D eigenvalue weighted by atomic mass is 16.5. The van der Waals surface area contributed by atoms with Crippen molar-refractivity contribution in [2.45, 2.75) is 13.5 Å². The normalized spacial score (nSPS) is 11.1. The van der Waals surface area contributed by atoms with Gasteiger partial charge in [-0.3, -0.25) is 4.79 Å². The fourth-order valence-electron chi connectivity index (χ4n) is 3.85. The third-order valence-corrected chi connectivity index (χ3v) is 5.35. The Kier molecular flexibility index (Phi) is 5.34. The molecule has 0 bridgehead atoms. The highest BCUT2D eigenvalue weighted by molar-refractivity contribution is 5.94. The van der Waals surface area contributed by atoms with Crippen molar-refractivity contribution in [3.05, 3.63) is 82.4 Å². The molecule has 0 aliphatic rings. The third-order valence-electron chi connectivity index (χ3n) is 5.35. The number of nitrogens with one attached hydrogen (secondary N) is 1. The number of H-pyrrole nitrogens is 1. The maximum absolute atomic E-state index is 12.6. The predicted octanol–water partition coefficient (Wildman–Crippen LogP) is 2.49. The number of fused-ring (bicyclic) bond motifs is 1. The van der Waals surface area contributed by atoms with Gasteiger partial charge in [-0.1, -0.05) is 48.5 Å². The van der Waals surface area contributed by atoms with Gasteiger partial charge >= 0.3 is 11.5 Å². The summed E-state index contributed by atoms with van der Waals surface area (Å²) in [6.07, 6.45) is 2.69. The largest absolute Gasteiger partial charge is 0.487 e. The molecule has 3 heterocycles. The molecule has 0 aliphatic heterocycles. The quantitative estimate of drug-likeness (QED) is 0.380. The Balaban J connectivity index is 1.54. The van der Waals surface area contributed by atoms with E-state index in [0.717, 1.165) is 26.8 Å². The van der Waals surface area contributed by atoms with Gasteiger partial charge in [0.15, 0.2) is 5.65 Å². The number of tetrazole rings is 1. The van der Waals surface area contributed by atoms with Gasteiger partial charge in [-0.25, -0.2) is 4.79 Å². The lowest BCUT2D eigenvalue weighted by molar-refractivity contribution is 0.0698. The molecule has 2 N–H and O–H groups in total. The summed E-state index contributed by atoms with van der Waals surface area (Å²) in [5.74, 6) is -0.567. The highest BCUT2D eigenvalue weighted by Crippen LogP contribution is 2.30. The number of rotatable bonds is 7. The van der Waals surface area contributed by atoms with Crippen molar-refractivity contribution in [2.75, 3.05) is 6.61 Å². The molecule has 3 aromatic heterocycles. The summed E-state index contributed by atoms with van der Waals surface area (Å²) in [4.78, 5) is 24.4. The van der Waals surface area contributed by atoms with Gasteiger partial charge in [0.2, 0.25) is 11.6 Å². The zero-order valence-corrected chi connectivity index (χ0v) is 18.0. The second kappa shape index (κ2) is 8.62. The van der Waals surface area contributed by atoms with Gasteiger partial charge in [-0.05, 0) is 28.8 Å². The average Bonchev–Trinajstić information content (AvgIpc) is 3.53. The number of hydrogen-bond acceptors (Lipinski definition) is 7. The lowest BCUT2D eigenvalue weighted by Crippen LogP contribution is -2.22. The molecule has 0 unspecified atom stereocenters. The number of hydrogen-bond donors (Lipinski definition) is 2. The Bertz CT molecular complexity index is 1540. The van der Waals surface area contributed by atoms with E-state index >= 15 is 0 Å². The maximum atomic E-state index is 12.6. The molecular weight excluding hydrogens is 438 g/mol. The van der Waals surface area contributed by atoms with Crippen molar-refractivity contribution < 1.29 is 14.6 Å². The van der Waals surface area contributed by atoms with E-state index in [4.69, 9.17) is 4.74 Å². The van der Waals surface area contributed by atoms with E-state index in [1.54, 1.807) is 11.5 Å². The second-order valence-corrected chi connectivity index (χ2v) is 7.44. The van der Waals surface area contributed by atoms with Gasteiger partial charge < -0.3 is 14.4 Å². The van der Waals surface area contributed by atoms with Crippen LogP contribution in [0, 0.1) is 0 Å². The summed E-state index contributed by atoms with van der Waals surface area (Å²) in [5.41, 5.74) is 3.26. The lowest BCUT2D eigenvalue weighted by atomic mass is 9.98. The fraction of sp³-hybridized carbons (Fsp3) is 0.130. The first-order valence-electron chi connectivity index (χ1n) is 10.5. The molecule has 11 nitrogen and oxygen atoms in total. The number of carboxylic acid groups (broad SMARTS) is 1. The van der Waals surface area contributed by atoms with Gasteiger partial charge in [-0.15, -0.1) is 10.2 Å². The number of benzene rings is 2. The third kappa shape index (κ3) is 3.68. The van der Waals surface area contributed by atoms with E-state index in [2.05, 4.69) is 25.7 Å². The van der Waals surface area contributed by atoms with Crippen molar-refractivity contribution in [1.82, 2.24) is 34.8 Å². The monoisotopic (exact) mass is 457 g/mol. The molecule has 11 heteroatoms. The number of nitrogens with zero attached hydrogens (tertiary/aromatic N) is 6. The number of aromatic amines is 1. The van der Waals surface area contributed by atoms with E-state index in [1.165, 1.54) is 12.4 Å². The van der Waals surface area contributed by atoms with Gasteiger partial charge in [0.25, 0.3) is 0 Å². The zero-order valence-electron chi connectivity index (χ0n) is 18.0. The predicted molar refractivity (Wildman–Crippen MR) is 122 cm³/mol. The standard InChI is InChI=1S/C23H19N7O4/c1-2-34-19-13-29(21-18(23(32)33)11-24-30(21)22(19)31)12-14-7-9-15(10-8-14)16-5-3-4-6-17(16)20-25-27-28-26-20/h3-11,13H,2,12H2,1H3,(H,32,33)(H,25,26,27,28). The van der Waals surface area contributed by atoms with Crippen LogP contribution in [-0.4, -0.2) is 52.5 Å². The summed E-state index contributed by atoms with van der Waals surface area (Å²) in [5, 5.41) is 27.8. The van der Waals surface area contributed by atoms with Gasteiger partial charge in [0.05, 0.1) is 19.0 Å². The minimum atomic E-state index is -1.17. The Morgan fingerprint density at radius 3 is 2.56 bits per heavy atom. The topological polar surface area (TPSA) is 140 Å². The summed E-state index contributed by atoms with van der Waals surface area (Å²) in [7, 11) is 0. The van der Waals surface area contributed by atoms with Crippen LogP contribution in [0.5, 0.6) is 5.75 Å². The minimum absolute atomic E-state index is 0.0641. The van der Waals surface area contributed by atoms with Crippen LogP contribution < -0.4 is 10.3 Å². The molecular formula is C23H19N7O4. The van der Waals surface area contributed by atoms with Crippen LogP contribution in [0.4, 0.5) is 0 Å². The number of aromatic nitrogens is 7. The highest BCUT2D eigenvalue weighted by Gasteiger charge is 2.19. The molecule has 0 fully saturated rings. The van der Waals surface area contributed by atoms with Crippen LogP contribution in [0.1, 0.15) is 22.8 Å². The van der Waals surface area contributed by atoms with Crippen molar-refractivity contribution in [3.63, 3.8) is 0 Å². The molecule has 0 saturated carbocycles. The van der Waals surface area contributed by atoms with E-state index in [1.807, 2.05) is 48.5 Å². The molecule has 0 radical (unpaired) electrons. The molecule has 5 aromatic rings. The number of carboxylic acids is 1. The van der Waals surface area contributed by atoms with E-state index in [0.29, 0.717) is 19.0 Å². The van der Waals surface area contributed by atoms with Crippen molar-refractivity contribution in [2.24, 2.45) is 0 Å². The first-order valence-corrected chi connectivity index (χ1v) is 10.5. The molecule has 170 valence electrons. The first-order chi connectivity index (χ1) is 16.6. The Hall–Kier alpha value is -4.80. The van der Waals surface area contributed by atoms with Crippen LogP contribution in [-0.2, 0) is 6.54 Å². The van der Waals surface area contributed by atoms with Gasteiger partial charge in [0, 0.05) is 12.1 Å². The molecule has 2 aromatic carbocycles. The lowest BCUT2D eigenvalue weighted by Gasteiger charge is -2.13. The molecule has 34 heavy (non-hydrogen) atoms. The second-order valence-electron chi connectivity index (χ2n) is 7.44. The first kappa shape index (κ1) is 21.1. The van der Waals surface area contributed by atoms with Crippen molar-refractivity contribution in [1.29, 1.82) is 0 Å². The van der Waals surface area contributed by atoms with Crippen LogP contribution in [0.15, 0.2) is 65.7 Å². The summed E-state index contributed by atoms with van der Waals surface area (Å²) in [6.45, 7) is 2.37. The smallest absolute Gasteiger partial charge is 0.341 e. The SMILES string of the molecule is CCOc1cn(Cc2ccc(-c3ccccc3-c3nn[nH]n3)cc2)c2c(C(=O)O)cnn2c1=O. The molecule has 0 spiro atoms. The summed E-state index contributed by atoms with van der Waals surface area (Å²) in [6, 6.07) is 15.6. The molecule has 5 rings (SSSR count). The summed E-state index contributed by atoms with van der Waals surface area (Å²) < 4.78 is 8.17. The minimum Gasteiger partial charge on any atom is -0.487 e. The molecule has 0 saturated heterocycles. The Labute approximate surface area is 192 Å². The number of carbonyl (C=O) groups is 1. The number of ether oxygens (including phenoxy) is 1. The van der Waals surface area contributed by atoms with Crippen molar-refractivity contribution >= 4 is 11.6 Å². The summed E-state index contributed by atoms with van der Waals surface area (Å²) >= 11 is 0. The van der Waals surface area contributed by atoms with Crippen LogP contribution >= 0.6 is 0 Å². The maximum Gasteiger partial charge on any atom is 0.341 e. The average molecular weight is 457 g/mol. The van der Waals surface area contributed by atoms with E-state index in [9.17, 15) is 14.7 Å². The van der Waals surface area contributed by atoms with Crippen LogP contribution in [0.2, 0.25) is 0 Å². The van der Waals surface area contributed by atoms with Crippen LogP contribution in [0.3, 0.4) is 0 Å². The van der Waals surface area contributed by atoms with Crippen LogP contribution in [0.25, 0.3) is 28.2 Å². The van der Waals surface area contributed by atoms with E-state index < -0.39 is 11.5 Å². The molecule has 0 aliphatic carbocycles. The molecule has 0 atom stereocenters.